The van der Waals surface area contributed by atoms with Gasteiger partial charge in [0, 0.05) is 12.5 Å². The van der Waals surface area contributed by atoms with Crippen LogP contribution in [-0.2, 0) is 6.42 Å². The summed E-state index contributed by atoms with van der Waals surface area (Å²) in [5.41, 5.74) is 3.53. The van der Waals surface area contributed by atoms with Gasteiger partial charge >= 0.3 is 0 Å². The number of ether oxygens (including phenoxy) is 1. The zero-order valence-electron chi connectivity index (χ0n) is 12.2. The third-order valence-corrected chi connectivity index (χ3v) is 4.01. The summed E-state index contributed by atoms with van der Waals surface area (Å²) in [5.74, 6) is -0.289. The molecule has 0 aromatic heterocycles. The number of carbonyl (C=O) groups excluding carboxylic acids is 1. The summed E-state index contributed by atoms with van der Waals surface area (Å²) in [6.07, 6.45) is 0.266. The second-order valence-corrected chi connectivity index (χ2v) is 5.85. The first-order chi connectivity index (χ1) is 9.92. The molecule has 21 heavy (non-hydrogen) atoms. The van der Waals surface area contributed by atoms with Gasteiger partial charge in [-0.2, -0.15) is 0 Å². The number of hydrogen-bond acceptors (Lipinski definition) is 2. The van der Waals surface area contributed by atoms with Crippen LogP contribution in [0.2, 0.25) is 0 Å². The number of halogens is 2. The van der Waals surface area contributed by atoms with Crippen LogP contribution in [0.1, 0.15) is 27.0 Å². The number of carbonyl (C=O) groups is 1. The molecule has 0 N–H and O–H groups in total. The first-order valence-corrected chi connectivity index (χ1v) is 7.34. The average Bonchev–Trinajstić information content (AvgIpc) is 2.45. The first-order valence-electron chi connectivity index (χ1n) is 6.54. The van der Waals surface area contributed by atoms with Crippen molar-refractivity contribution in [3.63, 3.8) is 0 Å². The van der Waals surface area contributed by atoms with Crippen molar-refractivity contribution in [2.24, 2.45) is 0 Å². The van der Waals surface area contributed by atoms with E-state index in [1.807, 2.05) is 32.0 Å². The molecule has 0 amide bonds. The van der Waals surface area contributed by atoms with Gasteiger partial charge in [0.15, 0.2) is 5.78 Å². The molecule has 0 radical (unpaired) electrons. The molecule has 0 aliphatic rings. The van der Waals surface area contributed by atoms with E-state index in [1.54, 1.807) is 0 Å². The fourth-order valence-corrected chi connectivity index (χ4v) is 2.52. The maximum Gasteiger partial charge on any atom is 0.171 e. The quantitative estimate of drug-likeness (QED) is 0.751. The van der Waals surface area contributed by atoms with E-state index >= 15 is 0 Å². The number of hydrogen-bond donors (Lipinski definition) is 0. The van der Waals surface area contributed by atoms with Gasteiger partial charge in [-0.15, -0.1) is 0 Å². The van der Waals surface area contributed by atoms with Gasteiger partial charge in [-0.3, -0.25) is 4.79 Å². The minimum absolute atomic E-state index is 0.0961. The summed E-state index contributed by atoms with van der Waals surface area (Å²) in [4.78, 5) is 12.5. The number of Topliss-reactive ketones (excluding diaryl/α,β-unsaturated/α-hetero) is 1. The van der Waals surface area contributed by atoms with E-state index in [1.165, 1.54) is 19.2 Å². The molecule has 0 aliphatic heterocycles. The molecule has 2 rings (SSSR count). The molecule has 4 heteroatoms. The van der Waals surface area contributed by atoms with Crippen LogP contribution in [0.15, 0.2) is 34.8 Å². The standard InChI is InChI=1S/C17H16BrFO2/c1-10-4-5-11(2)12(6-10)7-16(20)13-8-14(18)15(19)9-17(13)21-3/h4-6,8-9H,7H2,1-3H3. The molecule has 0 spiro atoms. The highest BCUT2D eigenvalue weighted by Crippen LogP contribution is 2.28. The Morgan fingerprint density at radius 1 is 1.24 bits per heavy atom. The van der Waals surface area contributed by atoms with Crippen molar-refractivity contribution in [3.05, 3.63) is 62.9 Å². The minimum atomic E-state index is -0.449. The number of benzene rings is 2. The number of methoxy groups -OCH3 is 1. The normalized spacial score (nSPS) is 10.5. The van der Waals surface area contributed by atoms with Gasteiger partial charge in [-0.1, -0.05) is 23.8 Å². The Morgan fingerprint density at radius 2 is 1.95 bits per heavy atom. The lowest BCUT2D eigenvalue weighted by Crippen LogP contribution is -2.08. The first kappa shape index (κ1) is 15.7. The lowest BCUT2D eigenvalue weighted by molar-refractivity contribution is 0.0989. The lowest BCUT2D eigenvalue weighted by atomic mass is 9.97. The van der Waals surface area contributed by atoms with E-state index in [-0.39, 0.29) is 22.4 Å². The summed E-state index contributed by atoms with van der Waals surface area (Å²) in [5, 5.41) is 0. The fourth-order valence-electron chi connectivity index (χ4n) is 2.17. The van der Waals surface area contributed by atoms with Gasteiger partial charge in [0.1, 0.15) is 11.6 Å². The molecule has 0 saturated heterocycles. The van der Waals surface area contributed by atoms with Crippen LogP contribution in [0.5, 0.6) is 5.75 Å². The monoisotopic (exact) mass is 350 g/mol. The van der Waals surface area contributed by atoms with Crippen LogP contribution in [0, 0.1) is 19.7 Å². The van der Waals surface area contributed by atoms with Crippen molar-refractivity contribution in [1.29, 1.82) is 0 Å². The molecule has 0 aliphatic carbocycles. The van der Waals surface area contributed by atoms with E-state index in [9.17, 15) is 9.18 Å². The van der Waals surface area contributed by atoms with Crippen LogP contribution < -0.4 is 4.74 Å². The summed E-state index contributed by atoms with van der Waals surface area (Å²) in [7, 11) is 1.43. The van der Waals surface area contributed by atoms with Gasteiger partial charge in [0.05, 0.1) is 17.1 Å². The Kier molecular flexibility index (Phi) is 4.78. The van der Waals surface area contributed by atoms with Crippen molar-refractivity contribution in [2.45, 2.75) is 20.3 Å². The van der Waals surface area contributed by atoms with E-state index in [4.69, 9.17) is 4.74 Å². The van der Waals surface area contributed by atoms with Crippen molar-refractivity contribution in [2.75, 3.05) is 7.11 Å². The Hall–Kier alpha value is -1.68. The predicted octanol–water partition coefficient (Wildman–Crippen LogP) is 4.64. The van der Waals surface area contributed by atoms with Crippen molar-refractivity contribution < 1.29 is 13.9 Å². The summed E-state index contributed by atoms with van der Waals surface area (Å²) < 4.78 is 18.9. The Bertz CT molecular complexity index is 695. The molecule has 0 bridgehead atoms. The van der Waals surface area contributed by atoms with Crippen molar-refractivity contribution in [3.8, 4) is 5.75 Å². The minimum Gasteiger partial charge on any atom is -0.496 e. The van der Waals surface area contributed by atoms with E-state index in [0.29, 0.717) is 5.56 Å². The van der Waals surface area contributed by atoms with Crippen LogP contribution in [0.25, 0.3) is 0 Å². The van der Waals surface area contributed by atoms with Crippen LogP contribution in [0.4, 0.5) is 4.39 Å². The van der Waals surface area contributed by atoms with E-state index in [2.05, 4.69) is 15.9 Å². The summed E-state index contributed by atoms with van der Waals surface area (Å²) >= 11 is 3.11. The second kappa shape index (κ2) is 6.39. The fraction of sp³-hybridized carbons (Fsp3) is 0.235. The van der Waals surface area contributed by atoms with Crippen molar-refractivity contribution in [1.82, 2.24) is 0 Å². The van der Waals surface area contributed by atoms with Gasteiger partial charge < -0.3 is 4.74 Å². The Balaban J connectivity index is 2.36. The Morgan fingerprint density at radius 3 is 2.62 bits per heavy atom. The largest absolute Gasteiger partial charge is 0.496 e. The molecular weight excluding hydrogens is 335 g/mol. The van der Waals surface area contributed by atoms with Gasteiger partial charge in [-0.05, 0) is 47.0 Å². The number of aryl methyl sites for hydroxylation is 2. The zero-order chi connectivity index (χ0) is 15.6. The molecule has 0 atom stereocenters. The van der Waals surface area contributed by atoms with E-state index in [0.717, 1.165) is 16.7 Å². The van der Waals surface area contributed by atoms with Crippen molar-refractivity contribution >= 4 is 21.7 Å². The molecule has 0 fully saturated rings. The van der Waals surface area contributed by atoms with Gasteiger partial charge in [0.25, 0.3) is 0 Å². The van der Waals surface area contributed by atoms with Crippen LogP contribution >= 0.6 is 15.9 Å². The molecule has 2 aromatic carbocycles. The van der Waals surface area contributed by atoms with Gasteiger partial charge in [-0.25, -0.2) is 4.39 Å². The highest BCUT2D eigenvalue weighted by atomic mass is 79.9. The SMILES string of the molecule is COc1cc(F)c(Br)cc1C(=O)Cc1cc(C)ccc1C. The highest BCUT2D eigenvalue weighted by molar-refractivity contribution is 9.10. The smallest absolute Gasteiger partial charge is 0.171 e. The maximum absolute atomic E-state index is 13.5. The van der Waals surface area contributed by atoms with Crippen LogP contribution in [-0.4, -0.2) is 12.9 Å². The number of rotatable bonds is 4. The molecule has 2 nitrogen and oxygen atoms in total. The molecule has 0 heterocycles. The molecule has 0 saturated carbocycles. The molecule has 110 valence electrons. The summed E-state index contributed by atoms with van der Waals surface area (Å²) in [6, 6.07) is 8.70. The average molecular weight is 351 g/mol. The third kappa shape index (κ3) is 3.50. The summed E-state index contributed by atoms with van der Waals surface area (Å²) in [6.45, 7) is 3.96. The Labute approximate surface area is 132 Å². The van der Waals surface area contributed by atoms with Gasteiger partial charge in [0.2, 0.25) is 0 Å². The predicted molar refractivity (Wildman–Crippen MR) is 84.6 cm³/mol. The van der Waals surface area contributed by atoms with E-state index < -0.39 is 5.82 Å². The molecular formula is C17H16BrFO2. The lowest BCUT2D eigenvalue weighted by Gasteiger charge is -2.11. The highest BCUT2D eigenvalue weighted by Gasteiger charge is 2.17. The topological polar surface area (TPSA) is 26.3 Å². The molecule has 2 aromatic rings. The number of ketones is 1. The zero-order valence-corrected chi connectivity index (χ0v) is 13.8. The molecule has 0 unspecified atom stereocenters. The third-order valence-electron chi connectivity index (χ3n) is 3.40. The second-order valence-electron chi connectivity index (χ2n) is 5.00. The van der Waals surface area contributed by atoms with Crippen LogP contribution in [0.3, 0.4) is 0 Å². The maximum atomic E-state index is 13.5.